The van der Waals surface area contributed by atoms with Gasteiger partial charge in [0, 0.05) is 149 Å². The average Bonchev–Trinajstić information content (AvgIpc) is 1.55. The number of carboxylic acid groups (broad SMARTS) is 2. The standard InChI is InChI=1S/C21H21N3O4S2.C19H21N5O4S2.C17H15N3O4S2.C16H18N4O2S2.C15H17N3O4S2/c22-11-19-23-12-20(29-19)30(27,28)18-9-15(14-4-2-1-3-5-14)8-16(10-18)21(26)24-7-6-17(25)13-24;1-23-10-14(8-22-23)12-4-13(19(26)24-3-2-15(25)11-24)6-16(5-12)30(27,28)18-9-21-17(7-20)29-18;1-10-2-3-11(8-19-10)12-4-13(17(21)22)6-14(5-12)26(23,24)16-9-20-15(7-18)25-16;1-3-11-4-12(13-8-18-20(2)9-13)6-14(5-11)24(21,22)16-10-23-15(7-17)19-16;16-8-13-17-9-14(23-13)24(21,22)12-6-10(15(19)20)5-11(7-12)18-3-1-2-4-18/h1-5,8-10,12,17,25H,6-7,11,13,22H2;4-6,8-10,15,25H,2-3,7,11,20H2,1H3;2-6,8-9H,7,18H2,1H3,(H,21,22);4-6,8-10H,3,7,17H2,1-2H3;5-7,9H,1-4,8,16H2,(H,19,20)/t;15-;;;/m.1.../s1. The number of likely N-dealkylation sites (tertiary alicyclic amines) is 2. The molecule has 3 fully saturated rings. The molecule has 14 N–H and O–H groups in total. The Bertz CT molecular complexity index is 7280. The fraction of sp³-hybridized carbons (Fsp3) is 0.250. The van der Waals surface area contributed by atoms with E-state index < -0.39 is 73.3 Å². The molecule has 2 amide bonds. The number of aliphatic hydroxyl groups excluding tert-OH is 2. The Morgan fingerprint density at radius 1 is 0.410 bits per heavy atom. The predicted octanol–water partition coefficient (Wildman–Crippen LogP) is 9.98. The van der Waals surface area contributed by atoms with Crippen LogP contribution in [0.4, 0.5) is 5.69 Å². The van der Waals surface area contributed by atoms with E-state index in [4.69, 9.17) is 28.7 Å². The van der Waals surface area contributed by atoms with Gasteiger partial charge in [0.05, 0.1) is 85.0 Å². The number of carbonyl (C=O) groups excluding carboxylic acids is 2. The number of amides is 2. The van der Waals surface area contributed by atoms with Gasteiger partial charge in [0.1, 0.15) is 41.9 Å². The van der Waals surface area contributed by atoms with E-state index in [1.807, 2.05) is 68.4 Å². The molecule has 11 heterocycles. The number of carboxylic acids is 2. The minimum absolute atomic E-state index is 0.000769. The van der Waals surface area contributed by atoms with Crippen LogP contribution in [0.25, 0.3) is 44.5 Å². The molecule has 17 rings (SSSR count). The van der Waals surface area contributed by atoms with Crippen LogP contribution in [0.15, 0.2) is 241 Å². The van der Waals surface area contributed by atoms with Crippen molar-refractivity contribution in [3.63, 3.8) is 0 Å². The first kappa shape index (κ1) is 99.7. The number of anilines is 1. The molecule has 0 bridgehead atoms. The van der Waals surface area contributed by atoms with Gasteiger partial charge < -0.3 is 63.8 Å². The van der Waals surface area contributed by atoms with Crippen molar-refractivity contribution in [2.24, 2.45) is 42.8 Å². The van der Waals surface area contributed by atoms with Gasteiger partial charge in [-0.2, -0.15) is 10.2 Å². The van der Waals surface area contributed by atoms with Crippen molar-refractivity contribution in [2.45, 2.75) is 137 Å². The van der Waals surface area contributed by atoms with Gasteiger partial charge in [0.15, 0.2) is 5.03 Å². The second kappa shape index (κ2) is 42.8. The van der Waals surface area contributed by atoms with Crippen molar-refractivity contribution in [1.29, 1.82) is 0 Å². The lowest BCUT2D eigenvalue weighted by Crippen LogP contribution is -2.29. The van der Waals surface area contributed by atoms with Gasteiger partial charge in [-0.3, -0.25) is 23.9 Å². The summed E-state index contributed by atoms with van der Waals surface area (Å²) in [6.07, 6.45) is 16.3. The minimum Gasteiger partial charge on any atom is -0.478 e. The Morgan fingerprint density at radius 3 is 1.16 bits per heavy atom. The number of carbonyl (C=O) groups is 4. The summed E-state index contributed by atoms with van der Waals surface area (Å²) in [4.78, 5) is 78.4. The van der Waals surface area contributed by atoms with Crippen molar-refractivity contribution >= 4 is 135 Å². The monoisotopic (exact) mass is 2010 g/mol. The van der Waals surface area contributed by atoms with Gasteiger partial charge in [-0.15, -0.1) is 56.7 Å². The Labute approximate surface area is 791 Å². The molecule has 702 valence electrons. The second-order valence-corrected chi connectivity index (χ2v) is 46.6. The van der Waals surface area contributed by atoms with Gasteiger partial charge in [-0.1, -0.05) is 49.4 Å². The Kier molecular flexibility index (Phi) is 31.8. The number of hydrogen-bond donors (Lipinski definition) is 9. The highest BCUT2D eigenvalue weighted by atomic mass is 32.3. The summed E-state index contributed by atoms with van der Waals surface area (Å²) in [6, 6.07) is 35.7. The highest BCUT2D eigenvalue weighted by Gasteiger charge is 2.34. The van der Waals surface area contributed by atoms with E-state index >= 15 is 0 Å². The van der Waals surface area contributed by atoms with E-state index in [1.54, 1.807) is 93.9 Å². The van der Waals surface area contributed by atoms with E-state index in [0.29, 0.717) is 84.5 Å². The average molecular weight is 2010 g/mol. The van der Waals surface area contributed by atoms with Crippen LogP contribution >= 0.6 is 56.7 Å². The number of β-amino-alcohol motifs (C(OH)–C–C–N with tert-alkyl or cyclic N) is 2. The van der Waals surface area contributed by atoms with E-state index in [1.165, 1.54) is 89.6 Å². The third-order valence-electron chi connectivity index (χ3n) is 21.2. The molecule has 0 saturated carbocycles. The molecule has 46 heteroatoms. The number of aromatic nitrogens is 10. The highest BCUT2D eigenvalue weighted by Crippen LogP contribution is 2.38. The van der Waals surface area contributed by atoms with E-state index in [9.17, 15) is 81.7 Å². The molecule has 14 aromatic rings. The summed E-state index contributed by atoms with van der Waals surface area (Å²) >= 11 is 5.26. The van der Waals surface area contributed by atoms with E-state index in [2.05, 4.69) is 40.1 Å². The highest BCUT2D eigenvalue weighted by molar-refractivity contribution is 7.94. The number of aliphatic hydroxyl groups is 2. The molecule has 0 spiro atoms. The van der Waals surface area contributed by atoms with Gasteiger partial charge >= 0.3 is 11.9 Å². The van der Waals surface area contributed by atoms with Crippen LogP contribution in [-0.4, -0.2) is 197 Å². The minimum atomic E-state index is -3.91. The molecular weight excluding hydrogens is 1920 g/mol. The normalized spacial score (nSPS) is 14.5. The molecule has 2 atom stereocenters. The lowest BCUT2D eigenvalue weighted by molar-refractivity contribution is 0.0686. The SMILES string of the molecule is CCc1cc(-c2cnn(C)c2)cc(S(=O)(=O)c2csc(CN)n2)c1.Cc1ccc(-c2cc(C(=O)O)cc(S(=O)(=O)c3cnc(CN)s3)c2)cn1.Cn1cc(-c2cc(C(=O)N3CC[C@@H](O)C3)cc(S(=O)(=O)c3cnc(CN)s3)c2)cn1.NCc1ncc(S(=O)(=O)c2cc(C(=O)N3CCC(O)C3)cc(-c3ccccc3)c2)s1.NCc1ncc(S(=O)(=O)c2cc(C(=O)O)cc(N3CCCC3)c2)s1. The molecular formula is C88H92N18O18S10. The summed E-state index contributed by atoms with van der Waals surface area (Å²) in [5.41, 5.74) is 35.9. The van der Waals surface area contributed by atoms with Crippen LogP contribution in [0.2, 0.25) is 0 Å². The number of thiazole rings is 5. The van der Waals surface area contributed by atoms with Crippen LogP contribution in [0.1, 0.15) is 110 Å². The molecule has 0 aliphatic carbocycles. The molecule has 6 aromatic carbocycles. The summed E-state index contributed by atoms with van der Waals surface area (Å²) in [6.45, 7) is 7.57. The van der Waals surface area contributed by atoms with Gasteiger partial charge in [0.2, 0.25) is 49.2 Å². The van der Waals surface area contributed by atoms with Crippen LogP contribution < -0.4 is 33.6 Å². The molecule has 0 radical (unpaired) electrons. The van der Waals surface area contributed by atoms with Gasteiger partial charge in [-0.05, 0) is 163 Å². The lowest BCUT2D eigenvalue weighted by Gasteiger charge is -2.19. The zero-order chi connectivity index (χ0) is 96.3. The summed E-state index contributed by atoms with van der Waals surface area (Å²) in [5, 5.41) is 50.8. The van der Waals surface area contributed by atoms with Crippen LogP contribution in [-0.2, 0) is 102 Å². The predicted molar refractivity (Wildman–Crippen MR) is 505 cm³/mol. The number of sulfone groups is 5. The number of aromatic carboxylic acids is 2. The second-order valence-electron chi connectivity index (χ2n) is 30.6. The molecule has 36 nitrogen and oxygen atoms in total. The van der Waals surface area contributed by atoms with Crippen molar-refractivity contribution in [2.75, 3.05) is 44.2 Å². The smallest absolute Gasteiger partial charge is 0.335 e. The van der Waals surface area contributed by atoms with Crippen molar-refractivity contribution < 1.29 is 81.7 Å². The number of nitrogens with zero attached hydrogens (tertiary/aromatic N) is 13. The maximum atomic E-state index is 13.3. The molecule has 3 aliphatic heterocycles. The molecule has 3 aliphatic rings. The first-order valence-electron chi connectivity index (χ1n) is 41.2. The number of rotatable bonds is 25. The summed E-state index contributed by atoms with van der Waals surface area (Å²) < 4.78 is 134. The zero-order valence-electron chi connectivity index (χ0n) is 72.2. The maximum absolute atomic E-state index is 13.3. The fourth-order valence-corrected chi connectivity index (χ4v) is 26.5. The Hall–Kier alpha value is -11.8. The quantitative estimate of drug-likeness (QED) is 0.0257. The van der Waals surface area contributed by atoms with E-state index in [0.717, 1.165) is 112 Å². The number of hydrogen-bond acceptors (Lipinski definition) is 35. The number of aryl methyl sites for hydroxylation is 4. The Morgan fingerprint density at radius 2 is 0.799 bits per heavy atom. The van der Waals surface area contributed by atoms with Crippen molar-refractivity contribution in [1.82, 2.24) is 59.3 Å². The first-order chi connectivity index (χ1) is 63.8. The van der Waals surface area contributed by atoms with E-state index in [-0.39, 0.29) is 126 Å². The van der Waals surface area contributed by atoms with Crippen LogP contribution in [0.3, 0.4) is 0 Å². The molecule has 8 aromatic heterocycles. The topological polar surface area (TPSA) is 573 Å². The number of nitrogens with two attached hydrogens (primary N) is 5. The Balaban J connectivity index is 0.000000143. The fourth-order valence-electron chi connectivity index (χ4n) is 14.1. The number of benzene rings is 6. The maximum Gasteiger partial charge on any atom is 0.335 e. The van der Waals surface area contributed by atoms with Gasteiger partial charge in [-0.25, -0.2) is 76.6 Å². The third kappa shape index (κ3) is 23.4. The van der Waals surface area contributed by atoms with Crippen molar-refractivity contribution in [3.8, 4) is 44.5 Å². The lowest BCUT2D eigenvalue weighted by atomic mass is 10.0. The third-order valence-corrected chi connectivity index (χ3v) is 36.7. The first-order valence-corrected chi connectivity index (χ1v) is 52.7. The summed E-state index contributed by atoms with van der Waals surface area (Å²) in [5.74, 6) is -2.98. The largest absolute Gasteiger partial charge is 0.478 e. The number of pyridine rings is 1. The van der Waals surface area contributed by atoms with Crippen LogP contribution in [0, 0.1) is 6.92 Å². The summed E-state index contributed by atoms with van der Waals surface area (Å²) in [7, 11) is -15.6. The van der Waals surface area contributed by atoms with Gasteiger partial charge in [0.25, 0.3) is 11.8 Å². The molecule has 1 unspecified atom stereocenters. The zero-order valence-corrected chi connectivity index (χ0v) is 80.4. The van der Waals surface area contributed by atoms with Crippen molar-refractivity contribution in [3.05, 3.63) is 253 Å². The van der Waals surface area contributed by atoms with Crippen LogP contribution in [0.5, 0.6) is 0 Å². The molecule has 134 heavy (non-hydrogen) atoms. The molecule has 3 saturated heterocycles.